The Morgan fingerprint density at radius 1 is 1.12 bits per heavy atom. The first-order valence-corrected chi connectivity index (χ1v) is 8.48. The number of rotatable bonds is 8. The van der Waals surface area contributed by atoms with Gasteiger partial charge in [0.05, 0.1) is 6.61 Å². The van der Waals surface area contributed by atoms with Gasteiger partial charge in [-0.2, -0.15) is 0 Å². The smallest absolute Gasteiger partial charge is 0.306 e. The van der Waals surface area contributed by atoms with E-state index < -0.39 is 0 Å². The Balaban J connectivity index is 1.81. The minimum atomic E-state index is -0.271. The Hall–Kier alpha value is -2.36. The van der Waals surface area contributed by atoms with E-state index in [0.29, 0.717) is 13.0 Å². The quantitative estimate of drug-likeness (QED) is 0.679. The number of esters is 1. The second kappa shape index (κ2) is 9.06. The van der Waals surface area contributed by atoms with E-state index in [9.17, 15) is 4.79 Å². The molecule has 1 heterocycles. The van der Waals surface area contributed by atoms with E-state index in [-0.39, 0.29) is 12.1 Å². The topological polar surface area (TPSA) is 48.4 Å². The average Bonchev–Trinajstić information content (AvgIpc) is 2.62. The Morgan fingerprint density at radius 2 is 1.88 bits per heavy atom. The maximum atomic E-state index is 11.3. The maximum absolute atomic E-state index is 11.3. The summed E-state index contributed by atoms with van der Waals surface area (Å²) >= 11 is 0. The zero-order valence-electron chi connectivity index (χ0n) is 14.6. The lowest BCUT2D eigenvalue weighted by atomic mass is 10.1. The predicted octanol–water partition coefficient (Wildman–Crippen LogP) is 4.28. The molecule has 128 valence electrons. The highest BCUT2D eigenvalue weighted by atomic mass is 16.5. The molecular formula is C20H25NO3. The van der Waals surface area contributed by atoms with E-state index in [2.05, 4.69) is 24.0 Å². The summed E-state index contributed by atoms with van der Waals surface area (Å²) < 4.78 is 11.0. The highest BCUT2D eigenvalue weighted by Crippen LogP contribution is 2.17. The number of pyridine rings is 1. The van der Waals surface area contributed by atoms with Crippen molar-refractivity contribution in [3.05, 3.63) is 59.4 Å². The highest BCUT2D eigenvalue weighted by molar-refractivity contribution is 5.69. The molecule has 0 aliphatic carbocycles. The molecule has 0 saturated carbocycles. The molecule has 1 unspecified atom stereocenters. The molecule has 0 aliphatic heterocycles. The third kappa shape index (κ3) is 5.37. The van der Waals surface area contributed by atoms with Crippen molar-refractivity contribution in [3.63, 3.8) is 0 Å². The first-order chi connectivity index (χ1) is 11.6. The Morgan fingerprint density at radius 3 is 2.46 bits per heavy atom. The number of carbonyl (C=O) groups excluding carboxylic acids is 1. The van der Waals surface area contributed by atoms with Crippen LogP contribution in [0.3, 0.4) is 0 Å². The van der Waals surface area contributed by atoms with E-state index in [4.69, 9.17) is 9.47 Å². The van der Waals surface area contributed by atoms with Crippen LogP contribution in [-0.4, -0.2) is 17.6 Å². The molecule has 24 heavy (non-hydrogen) atoms. The largest absolute Gasteiger partial charge is 0.493 e. The van der Waals surface area contributed by atoms with Gasteiger partial charge in [0.25, 0.3) is 0 Å². The van der Waals surface area contributed by atoms with Crippen LogP contribution in [0.2, 0.25) is 0 Å². The molecule has 2 aromatic rings. The van der Waals surface area contributed by atoms with Crippen molar-refractivity contribution in [1.29, 1.82) is 0 Å². The summed E-state index contributed by atoms with van der Waals surface area (Å²) in [6.45, 7) is 6.35. The van der Waals surface area contributed by atoms with Crippen LogP contribution >= 0.6 is 0 Å². The van der Waals surface area contributed by atoms with Gasteiger partial charge in [0.15, 0.2) is 0 Å². The standard InChI is InChI=1S/C20H25NO3/c1-4-16-6-10-19(11-7-16)23-13-12-18-9-8-17(14-21-18)15(3)24-20(22)5-2/h6-11,14-15H,4-5,12-13H2,1-3H3. The fourth-order valence-electron chi connectivity index (χ4n) is 2.27. The summed E-state index contributed by atoms with van der Waals surface area (Å²) in [5, 5.41) is 0. The van der Waals surface area contributed by atoms with Crippen molar-refractivity contribution >= 4 is 5.97 Å². The van der Waals surface area contributed by atoms with Gasteiger partial charge >= 0.3 is 5.97 Å². The average molecular weight is 327 g/mol. The fraction of sp³-hybridized carbons (Fsp3) is 0.400. The SMILES string of the molecule is CCC(=O)OC(C)c1ccc(CCOc2ccc(CC)cc2)nc1. The summed E-state index contributed by atoms with van der Waals surface area (Å²) in [6.07, 6.45) is 3.64. The van der Waals surface area contributed by atoms with Gasteiger partial charge in [-0.25, -0.2) is 0 Å². The maximum Gasteiger partial charge on any atom is 0.306 e. The van der Waals surface area contributed by atoms with E-state index in [1.54, 1.807) is 13.1 Å². The molecule has 2 rings (SSSR count). The van der Waals surface area contributed by atoms with Crippen LogP contribution in [0.5, 0.6) is 5.75 Å². The number of aryl methyl sites for hydroxylation is 1. The molecule has 4 heteroatoms. The lowest BCUT2D eigenvalue weighted by Crippen LogP contribution is -2.08. The van der Waals surface area contributed by atoms with E-state index in [1.165, 1.54) is 5.56 Å². The molecule has 0 bridgehead atoms. The number of nitrogens with zero attached hydrogens (tertiary/aromatic N) is 1. The van der Waals surface area contributed by atoms with Crippen LogP contribution in [-0.2, 0) is 22.4 Å². The van der Waals surface area contributed by atoms with Crippen LogP contribution in [0.1, 0.15) is 50.1 Å². The minimum Gasteiger partial charge on any atom is -0.493 e. The molecule has 0 saturated heterocycles. The Labute approximate surface area is 143 Å². The molecule has 1 atom stereocenters. The van der Waals surface area contributed by atoms with E-state index >= 15 is 0 Å². The van der Waals surface area contributed by atoms with Crippen LogP contribution in [0.4, 0.5) is 0 Å². The highest BCUT2D eigenvalue weighted by Gasteiger charge is 2.10. The third-order valence-electron chi connectivity index (χ3n) is 3.87. The van der Waals surface area contributed by atoms with Crippen LogP contribution < -0.4 is 4.74 Å². The summed E-state index contributed by atoms with van der Waals surface area (Å²) in [6, 6.07) is 12.1. The number of carbonyl (C=O) groups is 1. The van der Waals surface area contributed by atoms with Crippen LogP contribution in [0.25, 0.3) is 0 Å². The van der Waals surface area contributed by atoms with Crippen molar-refractivity contribution in [3.8, 4) is 5.75 Å². The Kier molecular flexibility index (Phi) is 6.79. The zero-order chi connectivity index (χ0) is 17.4. The Bertz CT molecular complexity index is 635. The fourth-order valence-corrected chi connectivity index (χ4v) is 2.27. The minimum absolute atomic E-state index is 0.200. The normalized spacial score (nSPS) is 11.8. The lowest BCUT2D eigenvalue weighted by molar-refractivity contribution is -0.148. The van der Waals surface area contributed by atoms with Gasteiger partial charge in [-0.1, -0.05) is 32.0 Å². The molecule has 4 nitrogen and oxygen atoms in total. The van der Waals surface area contributed by atoms with Crippen molar-refractivity contribution in [2.75, 3.05) is 6.61 Å². The summed E-state index contributed by atoms with van der Waals surface area (Å²) in [4.78, 5) is 15.7. The number of aromatic nitrogens is 1. The summed E-state index contributed by atoms with van der Waals surface area (Å²) in [7, 11) is 0. The number of hydrogen-bond acceptors (Lipinski definition) is 4. The van der Waals surface area contributed by atoms with Crippen molar-refractivity contribution in [1.82, 2.24) is 4.98 Å². The van der Waals surface area contributed by atoms with E-state index in [1.807, 2.05) is 31.2 Å². The second-order valence-corrected chi connectivity index (χ2v) is 5.66. The van der Waals surface area contributed by atoms with Crippen LogP contribution in [0.15, 0.2) is 42.6 Å². The van der Waals surface area contributed by atoms with Gasteiger partial charge in [0.1, 0.15) is 11.9 Å². The second-order valence-electron chi connectivity index (χ2n) is 5.66. The predicted molar refractivity (Wildman–Crippen MR) is 94.1 cm³/mol. The molecule has 1 aromatic carbocycles. The van der Waals surface area contributed by atoms with Gasteiger partial charge in [0.2, 0.25) is 0 Å². The summed E-state index contributed by atoms with van der Waals surface area (Å²) in [5.74, 6) is 0.679. The molecule has 0 N–H and O–H groups in total. The zero-order valence-corrected chi connectivity index (χ0v) is 14.6. The van der Waals surface area contributed by atoms with Gasteiger partial charge in [-0.15, -0.1) is 0 Å². The molecule has 1 aromatic heterocycles. The monoisotopic (exact) mass is 327 g/mol. The van der Waals surface area contributed by atoms with E-state index in [0.717, 1.165) is 29.8 Å². The third-order valence-corrected chi connectivity index (χ3v) is 3.87. The van der Waals surface area contributed by atoms with Crippen molar-refractivity contribution in [2.24, 2.45) is 0 Å². The first-order valence-electron chi connectivity index (χ1n) is 8.48. The number of hydrogen-bond donors (Lipinski definition) is 0. The van der Waals surface area contributed by atoms with Gasteiger partial charge in [0, 0.05) is 30.3 Å². The molecule has 0 fully saturated rings. The van der Waals surface area contributed by atoms with Crippen molar-refractivity contribution < 1.29 is 14.3 Å². The van der Waals surface area contributed by atoms with Gasteiger partial charge < -0.3 is 9.47 Å². The molecule has 0 spiro atoms. The number of benzene rings is 1. The van der Waals surface area contributed by atoms with Crippen molar-refractivity contribution in [2.45, 2.75) is 46.1 Å². The van der Waals surface area contributed by atoms with Gasteiger partial charge in [-0.3, -0.25) is 9.78 Å². The van der Waals surface area contributed by atoms with Crippen LogP contribution in [0, 0.1) is 0 Å². The first kappa shape index (κ1) is 18.0. The molecule has 0 amide bonds. The molecular weight excluding hydrogens is 302 g/mol. The number of ether oxygens (including phenoxy) is 2. The molecule has 0 radical (unpaired) electrons. The van der Waals surface area contributed by atoms with Gasteiger partial charge in [-0.05, 0) is 37.1 Å². The summed E-state index contributed by atoms with van der Waals surface area (Å²) in [5.41, 5.74) is 3.16. The molecule has 0 aliphatic rings. The lowest BCUT2D eigenvalue weighted by Gasteiger charge is -2.13.